The van der Waals surface area contributed by atoms with E-state index in [2.05, 4.69) is 5.32 Å². The van der Waals surface area contributed by atoms with Crippen molar-refractivity contribution in [1.29, 1.82) is 0 Å². The van der Waals surface area contributed by atoms with Crippen molar-refractivity contribution in [3.8, 4) is 0 Å². The zero-order valence-corrected chi connectivity index (χ0v) is 25.6. The molecule has 4 rings (SSSR count). The van der Waals surface area contributed by atoms with Crippen molar-refractivity contribution in [3.05, 3.63) is 90.0 Å². The third-order valence-corrected chi connectivity index (χ3v) is 10.1. The zero-order chi connectivity index (χ0) is 29.4. The molecule has 0 radical (unpaired) electrons. The van der Waals surface area contributed by atoms with E-state index in [-0.39, 0.29) is 23.4 Å². The molecule has 9 heteroatoms. The third-order valence-electron chi connectivity index (χ3n) is 7.56. The number of anilines is 1. The molecule has 0 aliphatic heterocycles. The predicted molar refractivity (Wildman–Crippen MR) is 165 cm³/mol. The normalized spacial score (nSPS) is 14.7. The summed E-state index contributed by atoms with van der Waals surface area (Å²) in [5.41, 5.74) is 2.22. The number of rotatable bonds is 11. The Kier molecular flexibility index (Phi) is 10.5. The number of nitrogens with one attached hydrogen (secondary N) is 1. The van der Waals surface area contributed by atoms with E-state index in [1.54, 1.807) is 43.3 Å². The number of benzene rings is 3. The minimum absolute atomic E-state index is 0.0982. The summed E-state index contributed by atoms with van der Waals surface area (Å²) in [6.45, 7) is 3.38. The zero-order valence-electron chi connectivity index (χ0n) is 24.0. The Morgan fingerprint density at radius 2 is 1.56 bits per heavy atom. The minimum atomic E-state index is -4.09. The fourth-order valence-corrected chi connectivity index (χ4v) is 6.87. The van der Waals surface area contributed by atoms with Gasteiger partial charge in [-0.15, -0.1) is 11.8 Å². The highest BCUT2D eigenvalue weighted by Crippen LogP contribution is 2.27. The summed E-state index contributed by atoms with van der Waals surface area (Å²) < 4.78 is 29.1. The van der Waals surface area contributed by atoms with Crippen LogP contribution in [0.4, 0.5) is 5.69 Å². The molecule has 1 N–H and O–H groups in total. The maximum atomic E-state index is 14.1. The molecule has 1 saturated carbocycles. The number of amides is 2. The van der Waals surface area contributed by atoms with Crippen LogP contribution in [0.25, 0.3) is 0 Å². The second-order valence-electron chi connectivity index (χ2n) is 10.5. The topological polar surface area (TPSA) is 86.8 Å². The molecule has 1 unspecified atom stereocenters. The number of aryl methyl sites for hydroxylation is 1. The van der Waals surface area contributed by atoms with Crippen LogP contribution in [0.1, 0.15) is 50.2 Å². The molecular formula is C32H39N3O4S2. The number of thioether (sulfide) groups is 1. The Labute approximate surface area is 248 Å². The molecule has 1 aliphatic carbocycles. The van der Waals surface area contributed by atoms with Crippen molar-refractivity contribution in [3.63, 3.8) is 0 Å². The summed E-state index contributed by atoms with van der Waals surface area (Å²) in [6.07, 6.45) is 7.11. The van der Waals surface area contributed by atoms with E-state index < -0.39 is 28.5 Å². The fourth-order valence-electron chi connectivity index (χ4n) is 5.05. The van der Waals surface area contributed by atoms with E-state index in [9.17, 15) is 18.0 Å². The number of hydrogen-bond donors (Lipinski definition) is 1. The van der Waals surface area contributed by atoms with Gasteiger partial charge in [-0.3, -0.25) is 13.9 Å². The largest absolute Gasteiger partial charge is 0.352 e. The molecule has 1 atom stereocenters. The number of sulfonamides is 1. The molecule has 0 aromatic heterocycles. The lowest BCUT2D eigenvalue weighted by atomic mass is 9.95. The van der Waals surface area contributed by atoms with Gasteiger partial charge in [0.2, 0.25) is 11.8 Å². The Hall–Kier alpha value is -3.30. The van der Waals surface area contributed by atoms with Crippen molar-refractivity contribution in [2.45, 2.75) is 74.4 Å². The lowest BCUT2D eigenvalue weighted by Gasteiger charge is -2.33. The monoisotopic (exact) mass is 593 g/mol. The summed E-state index contributed by atoms with van der Waals surface area (Å²) >= 11 is 1.52. The van der Waals surface area contributed by atoms with Crippen LogP contribution in [0.2, 0.25) is 0 Å². The Bertz CT molecular complexity index is 1410. The summed E-state index contributed by atoms with van der Waals surface area (Å²) in [6, 6.07) is 22.5. The molecule has 1 aliphatic rings. The van der Waals surface area contributed by atoms with Gasteiger partial charge in [0.1, 0.15) is 12.6 Å². The molecule has 7 nitrogen and oxygen atoms in total. The standard InChI is InChI=1S/C32H39N3O4S2/c1-24-14-16-28(17-15-24)35(41(38,39)30-20-18-29(40-3)19-21-30)23-31(36)34(22-26-10-6-4-7-11-26)25(2)32(37)33-27-12-8-5-9-13-27/h4,6-7,10-11,14-21,25,27H,5,8-9,12-13,22-23H2,1-3H3,(H,33,37). The van der Waals surface area contributed by atoms with Gasteiger partial charge >= 0.3 is 0 Å². The maximum absolute atomic E-state index is 14.1. The van der Waals surface area contributed by atoms with Gasteiger partial charge in [0, 0.05) is 17.5 Å². The number of nitrogens with zero attached hydrogens (tertiary/aromatic N) is 2. The van der Waals surface area contributed by atoms with E-state index in [4.69, 9.17) is 0 Å². The second-order valence-corrected chi connectivity index (χ2v) is 13.3. The fraction of sp³-hybridized carbons (Fsp3) is 0.375. The third kappa shape index (κ3) is 7.92. The van der Waals surface area contributed by atoms with Crippen molar-refractivity contribution in [2.75, 3.05) is 17.1 Å². The van der Waals surface area contributed by atoms with Crippen LogP contribution in [0.5, 0.6) is 0 Å². The first-order chi connectivity index (χ1) is 19.7. The number of hydrogen-bond acceptors (Lipinski definition) is 5. The molecule has 1 fully saturated rings. The van der Waals surface area contributed by atoms with Crippen LogP contribution in [0.3, 0.4) is 0 Å². The van der Waals surface area contributed by atoms with Crippen LogP contribution in [-0.4, -0.2) is 50.0 Å². The molecule has 0 spiro atoms. The Morgan fingerprint density at radius 3 is 2.17 bits per heavy atom. The Morgan fingerprint density at radius 1 is 0.927 bits per heavy atom. The lowest BCUT2D eigenvalue weighted by Crippen LogP contribution is -2.53. The first-order valence-electron chi connectivity index (χ1n) is 14.1. The number of carbonyl (C=O) groups is 2. The van der Waals surface area contributed by atoms with E-state index in [0.29, 0.717) is 5.69 Å². The van der Waals surface area contributed by atoms with Crippen LogP contribution >= 0.6 is 11.8 Å². The average Bonchev–Trinajstić information content (AvgIpc) is 2.99. The molecule has 218 valence electrons. The van der Waals surface area contributed by atoms with Crippen LogP contribution < -0.4 is 9.62 Å². The van der Waals surface area contributed by atoms with Gasteiger partial charge in [-0.1, -0.05) is 67.3 Å². The average molecular weight is 594 g/mol. The van der Waals surface area contributed by atoms with Crippen LogP contribution in [-0.2, 0) is 26.2 Å². The molecule has 0 saturated heterocycles. The van der Waals surface area contributed by atoms with Crippen molar-refractivity contribution < 1.29 is 18.0 Å². The molecule has 0 heterocycles. The van der Waals surface area contributed by atoms with Crippen molar-refractivity contribution in [2.24, 2.45) is 0 Å². The number of carbonyl (C=O) groups excluding carboxylic acids is 2. The maximum Gasteiger partial charge on any atom is 0.264 e. The van der Waals surface area contributed by atoms with Crippen molar-refractivity contribution >= 4 is 39.3 Å². The highest BCUT2D eigenvalue weighted by Gasteiger charge is 2.33. The molecule has 41 heavy (non-hydrogen) atoms. The molecular weight excluding hydrogens is 555 g/mol. The van der Waals surface area contributed by atoms with E-state index >= 15 is 0 Å². The molecule has 3 aromatic carbocycles. The molecule has 3 aromatic rings. The molecule has 2 amide bonds. The van der Waals surface area contributed by atoms with Gasteiger partial charge in [0.05, 0.1) is 10.6 Å². The van der Waals surface area contributed by atoms with Gasteiger partial charge in [-0.25, -0.2) is 8.42 Å². The summed E-state index contributed by atoms with van der Waals surface area (Å²) in [5.74, 6) is -0.677. The second kappa shape index (κ2) is 14.0. The first kappa shape index (κ1) is 30.7. The summed E-state index contributed by atoms with van der Waals surface area (Å²) in [4.78, 5) is 30.0. The van der Waals surface area contributed by atoms with Gasteiger partial charge < -0.3 is 10.2 Å². The van der Waals surface area contributed by atoms with E-state index in [1.807, 2.05) is 55.6 Å². The van der Waals surface area contributed by atoms with Crippen LogP contribution in [0.15, 0.2) is 88.7 Å². The van der Waals surface area contributed by atoms with Gasteiger partial charge in [-0.05, 0) is 74.9 Å². The van der Waals surface area contributed by atoms with E-state index in [1.165, 1.54) is 23.1 Å². The smallest absolute Gasteiger partial charge is 0.264 e. The van der Waals surface area contributed by atoms with Crippen LogP contribution in [0, 0.1) is 6.92 Å². The highest BCUT2D eigenvalue weighted by molar-refractivity contribution is 7.98. The first-order valence-corrected chi connectivity index (χ1v) is 16.7. The highest BCUT2D eigenvalue weighted by atomic mass is 32.2. The predicted octanol–water partition coefficient (Wildman–Crippen LogP) is 5.78. The van der Waals surface area contributed by atoms with Gasteiger partial charge in [0.25, 0.3) is 10.0 Å². The van der Waals surface area contributed by atoms with E-state index in [0.717, 1.165) is 46.0 Å². The van der Waals surface area contributed by atoms with Crippen molar-refractivity contribution in [1.82, 2.24) is 10.2 Å². The summed E-state index contributed by atoms with van der Waals surface area (Å²) in [7, 11) is -4.09. The van der Waals surface area contributed by atoms with Gasteiger partial charge in [-0.2, -0.15) is 0 Å². The summed E-state index contributed by atoms with van der Waals surface area (Å²) in [5, 5.41) is 3.13. The van der Waals surface area contributed by atoms with Gasteiger partial charge in [0.15, 0.2) is 0 Å². The SMILES string of the molecule is CSc1ccc(S(=O)(=O)N(CC(=O)N(Cc2ccccc2)C(C)C(=O)NC2CCCCC2)c2ccc(C)cc2)cc1. The molecule has 0 bridgehead atoms. The Balaban J connectivity index is 1.65. The minimum Gasteiger partial charge on any atom is -0.352 e. The quantitative estimate of drug-likeness (QED) is 0.285. The lowest BCUT2D eigenvalue weighted by molar-refractivity contribution is -0.139.